The molecule has 0 N–H and O–H groups in total. The van der Waals surface area contributed by atoms with Crippen LogP contribution in [0.1, 0.15) is 0 Å². The predicted molar refractivity (Wildman–Crippen MR) is 21.7 cm³/mol. The largest absolute Gasteiger partial charge is 2.00 e. The van der Waals surface area contributed by atoms with Crippen molar-refractivity contribution in [3.63, 3.8) is 0 Å². The summed E-state index contributed by atoms with van der Waals surface area (Å²) in [6.07, 6.45) is 0. The summed E-state index contributed by atoms with van der Waals surface area (Å²) in [5, 5.41) is 8.47. The van der Waals surface area contributed by atoms with E-state index in [0.29, 0.717) is 0 Å². The maximum atomic E-state index is 7.13. The molecule has 0 aromatic rings. The summed E-state index contributed by atoms with van der Waals surface area (Å²) in [5.74, 6) is 0. The molecule has 1 nitrogen and oxygen atoms in total. The molecule has 0 radical (unpaired) electrons. The molecule has 0 aliphatic heterocycles. The number of thiocarbonyl (C=S) groups is 1. The van der Waals surface area contributed by atoms with E-state index < -0.39 is 0 Å². The van der Waals surface area contributed by atoms with Crippen LogP contribution in [-0.2, 0) is 0 Å². The van der Waals surface area contributed by atoms with Crippen molar-refractivity contribution in [1.82, 2.24) is 0 Å². The summed E-state index contributed by atoms with van der Waals surface area (Å²) in [6, 6.07) is 0. The molecule has 0 saturated carbocycles. The molecule has 0 heterocycles. The molecule has 0 fully saturated rings. The summed E-state index contributed by atoms with van der Waals surface area (Å²) in [5.41, 5.74) is 0. The van der Waals surface area contributed by atoms with Crippen molar-refractivity contribution in [3.8, 4) is 0 Å². The Bertz CT molecular complexity index is 36.5. The molecule has 0 aromatic heterocycles. The fourth-order valence-electron chi connectivity index (χ4n) is 0. The third kappa shape index (κ3) is 40.1. The molecular weight excluding hydrogens is 141 g/mol. The molecule has 5 heteroatoms. The topological polar surface area (TPSA) is 22.3 Å². The minimum absolute atomic E-state index is 0. The Morgan fingerprint density at radius 2 is 1.50 bits per heavy atom. The van der Waals surface area contributed by atoms with Crippen molar-refractivity contribution in [3.05, 3.63) is 5.41 Å². The number of halogens is 1. The van der Waals surface area contributed by atoms with E-state index in [1.165, 1.54) is 5.16 Å². The van der Waals surface area contributed by atoms with E-state index in [4.69, 9.17) is 5.41 Å². The van der Waals surface area contributed by atoms with Gasteiger partial charge in [-0.3, -0.25) is 0 Å². The van der Waals surface area contributed by atoms with E-state index >= 15 is 0 Å². The Morgan fingerprint density at radius 1 is 1.50 bits per heavy atom. The minimum atomic E-state index is 0. The first-order valence-electron chi connectivity index (χ1n) is 0.428. The summed E-state index contributed by atoms with van der Waals surface area (Å²) in [7, 11) is 0. The van der Waals surface area contributed by atoms with Gasteiger partial charge in [-0.1, -0.05) is 12.2 Å². The molecular formula is CClMgNNaS+. The average molecular weight is 141 g/mol. The van der Waals surface area contributed by atoms with Gasteiger partial charge in [0.25, 0.3) is 0 Å². The van der Waals surface area contributed by atoms with Crippen LogP contribution in [0.15, 0.2) is 0 Å². The number of isothiocyanates is 1. The maximum absolute atomic E-state index is 7.13. The first-order chi connectivity index (χ1) is 1.41. The molecule has 0 rings (SSSR count). The van der Waals surface area contributed by atoms with Crippen LogP contribution >= 0.6 is 12.2 Å². The minimum Gasteiger partial charge on any atom is -1.00 e. The normalized spacial score (nSPS) is 1.33. The van der Waals surface area contributed by atoms with Crippen LogP contribution in [0.5, 0.6) is 0 Å². The molecule has 0 aromatic carbocycles. The van der Waals surface area contributed by atoms with Crippen LogP contribution in [0.4, 0.5) is 0 Å². The van der Waals surface area contributed by atoms with Crippen molar-refractivity contribution < 1.29 is 42.0 Å². The molecule has 0 saturated heterocycles. The zero-order chi connectivity index (χ0) is 2.71. The van der Waals surface area contributed by atoms with Gasteiger partial charge in [-0.15, -0.1) is 0 Å². The Kier molecular flexibility index (Phi) is 119. The smallest absolute Gasteiger partial charge is 1.00 e. The van der Waals surface area contributed by atoms with Crippen molar-refractivity contribution in [2.24, 2.45) is 0 Å². The fraction of sp³-hybridized carbons (Fsp3) is 0. The zero-order valence-electron chi connectivity index (χ0n) is 3.44. The van der Waals surface area contributed by atoms with E-state index in [2.05, 4.69) is 12.2 Å². The third-order valence-corrected chi connectivity index (χ3v) is 0. The predicted octanol–water partition coefficient (Wildman–Crippen LogP) is -5.71. The molecule has 0 aliphatic rings. The quantitative estimate of drug-likeness (QED) is 0.187. The molecule has 6 heavy (non-hydrogen) atoms. The fourth-order valence-corrected chi connectivity index (χ4v) is 0. The van der Waals surface area contributed by atoms with Crippen LogP contribution in [0.3, 0.4) is 0 Å². The monoisotopic (exact) mass is 140 g/mol. The zero-order valence-corrected chi connectivity index (χ0v) is 8.43. The summed E-state index contributed by atoms with van der Waals surface area (Å²) >= 11 is 3.70. The number of rotatable bonds is 0. The van der Waals surface area contributed by atoms with E-state index in [1.807, 2.05) is 0 Å². The second-order valence-electron chi connectivity index (χ2n) is 0.0913. The van der Waals surface area contributed by atoms with Gasteiger partial charge < -0.3 is 17.8 Å². The summed E-state index contributed by atoms with van der Waals surface area (Å²) in [4.78, 5) is 0. The van der Waals surface area contributed by atoms with Crippen molar-refractivity contribution in [2.45, 2.75) is 0 Å². The van der Waals surface area contributed by atoms with Gasteiger partial charge in [-0.2, -0.15) is 5.16 Å². The molecule has 24 valence electrons. The Labute approximate surface area is 86.6 Å². The SMILES string of the molecule is [Cl-].[Mg+2].[N-]=C=S.[Na+]. The number of hydrogen-bond acceptors (Lipinski definition) is 1. The van der Waals surface area contributed by atoms with Gasteiger partial charge in [0.2, 0.25) is 0 Å². The van der Waals surface area contributed by atoms with Crippen LogP contribution < -0.4 is 42.0 Å². The van der Waals surface area contributed by atoms with E-state index in [-0.39, 0.29) is 65.0 Å². The standard InChI is InChI=1S/CNS.ClH.Mg.Na/c2-1-3;;;/h;1H;;/q-1;;+2;+1/p-1. The van der Waals surface area contributed by atoms with Gasteiger partial charge in [0, 0.05) is 0 Å². The first-order valence-corrected chi connectivity index (χ1v) is 0.836. The van der Waals surface area contributed by atoms with Crippen LogP contribution in [0.25, 0.3) is 5.41 Å². The van der Waals surface area contributed by atoms with Crippen LogP contribution in [0.2, 0.25) is 0 Å². The Balaban J connectivity index is -0.00000000667. The average Bonchev–Trinajstić information content (AvgIpc) is 0.918. The first kappa shape index (κ1) is 24.8. The second-order valence-corrected chi connectivity index (χ2v) is 0.274. The van der Waals surface area contributed by atoms with Gasteiger partial charge >= 0.3 is 52.6 Å². The van der Waals surface area contributed by atoms with Gasteiger partial charge in [-0.05, 0) is 0 Å². The van der Waals surface area contributed by atoms with Gasteiger partial charge in [0.05, 0.1) is 0 Å². The molecule has 0 spiro atoms. The molecule has 0 atom stereocenters. The molecule has 0 amide bonds. The Morgan fingerprint density at radius 3 is 1.50 bits per heavy atom. The van der Waals surface area contributed by atoms with Crippen LogP contribution in [-0.4, -0.2) is 28.2 Å². The number of nitrogens with zero attached hydrogens (tertiary/aromatic N) is 1. The van der Waals surface area contributed by atoms with E-state index in [1.54, 1.807) is 0 Å². The second kappa shape index (κ2) is 28.8. The van der Waals surface area contributed by atoms with Crippen molar-refractivity contribution in [1.29, 1.82) is 0 Å². The van der Waals surface area contributed by atoms with Crippen molar-refractivity contribution >= 4 is 40.4 Å². The van der Waals surface area contributed by atoms with E-state index in [0.717, 1.165) is 0 Å². The van der Waals surface area contributed by atoms with Crippen molar-refractivity contribution in [2.75, 3.05) is 0 Å². The van der Waals surface area contributed by atoms with Gasteiger partial charge in [-0.25, -0.2) is 0 Å². The molecule has 0 bridgehead atoms. The maximum Gasteiger partial charge on any atom is 2.00 e. The summed E-state index contributed by atoms with van der Waals surface area (Å²) < 4.78 is 0. The van der Waals surface area contributed by atoms with Crippen LogP contribution in [0, 0.1) is 0 Å². The van der Waals surface area contributed by atoms with Gasteiger partial charge in [0.1, 0.15) is 0 Å². The van der Waals surface area contributed by atoms with Gasteiger partial charge in [0.15, 0.2) is 0 Å². The number of hydrogen-bond donors (Lipinski definition) is 0. The third-order valence-electron chi connectivity index (χ3n) is 0. The summed E-state index contributed by atoms with van der Waals surface area (Å²) in [6.45, 7) is 0. The van der Waals surface area contributed by atoms with E-state index in [9.17, 15) is 0 Å². The molecule has 0 aliphatic carbocycles. The molecule has 0 unspecified atom stereocenters. The Hall–Kier alpha value is 1.86.